The number of aryl methyl sites for hydroxylation is 2. The summed E-state index contributed by atoms with van der Waals surface area (Å²) in [4.78, 5) is 9.22. The summed E-state index contributed by atoms with van der Waals surface area (Å²) in [7, 11) is 8.53. The number of nitrogens with zero attached hydrogens (tertiary/aromatic N) is 4. The van der Waals surface area contributed by atoms with Gasteiger partial charge in [0.1, 0.15) is 0 Å². The molecule has 0 aliphatic carbocycles. The Hall–Kier alpha value is -1.46. The Labute approximate surface area is 211 Å². The molecule has 1 aliphatic rings. The number of hydrogen-bond acceptors (Lipinski definition) is 6. The van der Waals surface area contributed by atoms with Crippen molar-refractivity contribution in [2.45, 2.75) is 46.3 Å². The topological polar surface area (TPSA) is 53.4 Å². The first kappa shape index (κ1) is 27.8. The predicted octanol–water partition coefficient (Wildman–Crippen LogP) is 2.38. The molecular formula is C24H37B2N4O2Pd-. The van der Waals surface area contributed by atoms with Gasteiger partial charge in [-0.2, -0.15) is 0 Å². The Morgan fingerprint density at radius 2 is 1.33 bits per heavy atom. The minimum atomic E-state index is -0.375. The van der Waals surface area contributed by atoms with Crippen LogP contribution in [-0.2, 0) is 18.7 Å². The van der Waals surface area contributed by atoms with Crippen molar-refractivity contribution in [1.82, 2.24) is 9.62 Å². The quantitative estimate of drug-likeness (QED) is 0.433. The van der Waals surface area contributed by atoms with Gasteiger partial charge in [0.15, 0.2) is 0 Å². The van der Waals surface area contributed by atoms with Gasteiger partial charge in [-0.25, -0.2) is 0 Å². The minimum absolute atomic E-state index is 0.148. The summed E-state index contributed by atoms with van der Waals surface area (Å²) in [6, 6.07) is 18.5. The van der Waals surface area contributed by atoms with E-state index < -0.39 is 0 Å². The average Bonchev–Trinajstić information content (AvgIpc) is 3.02. The van der Waals surface area contributed by atoms with E-state index in [0.29, 0.717) is 6.42 Å². The second kappa shape index (κ2) is 12.3. The average molecular weight is 542 g/mol. The Morgan fingerprint density at radius 1 is 0.848 bits per heavy atom. The maximum absolute atomic E-state index is 8.56. The van der Waals surface area contributed by atoms with E-state index in [9.17, 15) is 0 Å². The molecule has 0 aromatic heterocycles. The third-order valence-corrected chi connectivity index (χ3v) is 6.18. The van der Waals surface area contributed by atoms with Gasteiger partial charge < -0.3 is 10.2 Å². The molecule has 1 fully saturated rings. The molecule has 33 heavy (non-hydrogen) atoms. The van der Waals surface area contributed by atoms with E-state index in [1.54, 1.807) is 13.8 Å². The second-order valence-corrected chi connectivity index (χ2v) is 9.95. The fourth-order valence-corrected chi connectivity index (χ4v) is 4.71. The van der Waals surface area contributed by atoms with Crippen LogP contribution in [0.4, 0.5) is 11.4 Å². The first-order valence-corrected chi connectivity index (χ1v) is 12.0. The maximum atomic E-state index is 8.56. The van der Waals surface area contributed by atoms with E-state index in [0.717, 1.165) is 9.92 Å². The summed E-state index contributed by atoms with van der Waals surface area (Å²) in [5.74, 6) is 0. The van der Waals surface area contributed by atoms with Crippen LogP contribution in [0.3, 0.4) is 0 Å². The van der Waals surface area contributed by atoms with Crippen molar-refractivity contribution in [3.63, 3.8) is 0 Å². The summed E-state index contributed by atoms with van der Waals surface area (Å²) >= 11 is 3.56. The molecule has 2 N–H and O–H groups in total. The third-order valence-electron chi connectivity index (χ3n) is 5.43. The molecule has 1 saturated heterocycles. The van der Waals surface area contributed by atoms with Gasteiger partial charge in [-0.1, -0.05) is 0 Å². The molecule has 0 saturated carbocycles. The van der Waals surface area contributed by atoms with Crippen molar-refractivity contribution < 1.29 is 29.0 Å². The fourth-order valence-electron chi connectivity index (χ4n) is 3.91. The van der Waals surface area contributed by atoms with Gasteiger partial charge in [0.25, 0.3) is 0 Å². The molecular weight excluding hydrogens is 504 g/mol. The fraction of sp³-hybridized carbons (Fsp3) is 0.458. The molecule has 9 heteroatoms. The van der Waals surface area contributed by atoms with E-state index >= 15 is 0 Å². The number of aliphatic hydroxyl groups is 2. The van der Waals surface area contributed by atoms with E-state index in [4.69, 9.17) is 10.2 Å². The Kier molecular flexibility index (Phi) is 10.4. The molecule has 1 heterocycles. The van der Waals surface area contributed by atoms with Crippen molar-refractivity contribution in [2.75, 3.05) is 37.8 Å². The summed E-state index contributed by atoms with van der Waals surface area (Å²) in [5, 5.41) is 17.1. The summed E-state index contributed by atoms with van der Waals surface area (Å²) in [6.07, 6.45) is -0.278. The Bertz CT molecular complexity index is 821. The normalized spacial score (nSPS) is 15.9. The summed E-state index contributed by atoms with van der Waals surface area (Å²) in [5.41, 5.74) is 4.73. The number of aliphatic hydroxyl groups excluding tert-OH is 2. The van der Waals surface area contributed by atoms with E-state index in [2.05, 4.69) is 122 Å². The van der Waals surface area contributed by atoms with Gasteiger partial charge in [-0.3, -0.25) is 0 Å². The van der Waals surface area contributed by atoms with Crippen molar-refractivity contribution >= 4 is 29.4 Å². The van der Waals surface area contributed by atoms with Crippen LogP contribution in [0.15, 0.2) is 42.5 Å². The molecule has 0 spiro atoms. The van der Waals surface area contributed by atoms with Gasteiger partial charge in [0.2, 0.25) is 0 Å². The van der Waals surface area contributed by atoms with Crippen molar-refractivity contribution in [1.29, 1.82) is 0 Å². The first-order valence-electron chi connectivity index (χ1n) is 11.3. The van der Waals surface area contributed by atoms with Crippen molar-refractivity contribution in [2.24, 2.45) is 0 Å². The van der Waals surface area contributed by atoms with E-state index in [1.807, 2.05) is 6.07 Å². The third kappa shape index (κ3) is 7.26. The summed E-state index contributed by atoms with van der Waals surface area (Å²) in [6.45, 7) is 7.84. The molecule has 2 aromatic rings. The van der Waals surface area contributed by atoms with Crippen molar-refractivity contribution in [3.05, 3.63) is 59.7 Å². The van der Waals surface area contributed by atoms with Gasteiger partial charge in [-0.15, -0.1) is 0 Å². The second-order valence-electron chi connectivity index (χ2n) is 9.26. The number of rotatable bonds is 6. The van der Waals surface area contributed by atoms with Gasteiger partial charge in [-0.05, 0) is 20.3 Å². The Morgan fingerprint density at radius 3 is 1.73 bits per heavy atom. The molecule has 0 amide bonds. The van der Waals surface area contributed by atoms with Crippen molar-refractivity contribution in [3.8, 4) is 0 Å². The Balaban J connectivity index is 0.000000479. The zero-order valence-corrected chi connectivity index (χ0v) is 22.6. The van der Waals surface area contributed by atoms with E-state index in [1.165, 1.54) is 16.8 Å². The molecule has 2 unspecified atom stereocenters. The zero-order chi connectivity index (χ0) is 24.9. The molecule has 0 radical (unpaired) electrons. The SMILES string of the molecule is CC(O)CC(C)O.Cc1c[c-]c(N2B(N(C)C)B(N(C)C)N(c3ccc(C)cc3)[C]2=[Pd])cc1. The molecule has 3 rings (SSSR count). The molecule has 6 nitrogen and oxygen atoms in total. The van der Waals surface area contributed by atoms with Crippen LogP contribution in [0.1, 0.15) is 31.4 Å². The van der Waals surface area contributed by atoms with Crippen LogP contribution in [0.2, 0.25) is 0 Å². The molecule has 182 valence electrons. The van der Waals surface area contributed by atoms with Crippen LogP contribution in [-0.4, -0.2) is 78.2 Å². The zero-order valence-electron chi connectivity index (χ0n) is 21.1. The molecule has 1 aliphatic heterocycles. The standard InChI is InChI=1S/C19H25B2N4.C5H12O2.Pd/c1-16-7-11-18(12-8-16)24-15-25(19-13-9-17(2)10-14-19)21(23(5)6)20(24)22(3)4;1-4(6)3-5(2)7;/h7-13H,1-6H3;4-7H,3H2,1-2H3;/q-1;;. The number of anilines is 2. The molecule has 2 aromatic carbocycles. The monoisotopic (exact) mass is 541 g/mol. The van der Waals surface area contributed by atoms with Crippen LogP contribution in [0.5, 0.6) is 0 Å². The van der Waals surface area contributed by atoms with Gasteiger partial charge in [0.05, 0.1) is 12.2 Å². The van der Waals surface area contributed by atoms with Gasteiger partial charge >= 0.3 is 169 Å². The number of hydrogen-bond donors (Lipinski definition) is 2. The van der Waals surface area contributed by atoms with Crippen LogP contribution in [0.25, 0.3) is 0 Å². The van der Waals surface area contributed by atoms with Gasteiger partial charge in [0, 0.05) is 0 Å². The summed E-state index contributed by atoms with van der Waals surface area (Å²) < 4.78 is 1.06. The van der Waals surface area contributed by atoms with Crippen LogP contribution < -0.4 is 9.62 Å². The first-order chi connectivity index (χ1) is 15.4. The predicted molar refractivity (Wildman–Crippen MR) is 138 cm³/mol. The van der Waals surface area contributed by atoms with E-state index in [-0.39, 0.29) is 26.0 Å². The molecule has 2 atom stereocenters. The van der Waals surface area contributed by atoms with Crippen LogP contribution in [0, 0.1) is 19.9 Å². The molecule has 0 bridgehead atoms. The van der Waals surface area contributed by atoms with Crippen LogP contribution >= 0.6 is 0 Å². The number of benzene rings is 2.